The normalized spacial score (nSPS) is 13.0. The maximum atomic E-state index is 13.0. The average Bonchev–Trinajstić information content (AvgIpc) is 3.35. The van der Waals surface area contributed by atoms with Crippen LogP contribution in [0.3, 0.4) is 0 Å². The fourth-order valence-electron chi connectivity index (χ4n) is 5.22. The average molecular weight is 566 g/mol. The summed E-state index contributed by atoms with van der Waals surface area (Å²) < 4.78 is 13.0. The second-order valence-electron chi connectivity index (χ2n) is 11.0. The fraction of sp³-hybridized carbons (Fsp3) is 0.324. The molecule has 0 fully saturated rings. The van der Waals surface area contributed by atoms with E-state index in [0.29, 0.717) is 11.3 Å². The fourth-order valence-corrected chi connectivity index (χ4v) is 5.22. The van der Waals surface area contributed by atoms with E-state index in [1.54, 1.807) is 6.08 Å². The number of hydrogen-bond acceptors (Lipinski definition) is 3. The second-order valence-corrected chi connectivity index (χ2v) is 11.0. The first-order valence-electron chi connectivity index (χ1n) is 15.2. The molecule has 1 aliphatic heterocycles. The molecule has 0 radical (unpaired) electrons. The number of amides is 2. The van der Waals surface area contributed by atoms with Crippen LogP contribution in [-0.2, 0) is 22.4 Å². The van der Waals surface area contributed by atoms with Gasteiger partial charge >= 0.3 is 0 Å². The zero-order valence-electron chi connectivity index (χ0n) is 24.3. The minimum atomic E-state index is -0.344. The number of ketones is 1. The molecule has 3 aromatic rings. The van der Waals surface area contributed by atoms with Crippen LogP contribution in [0.2, 0.25) is 0 Å². The van der Waals surface area contributed by atoms with E-state index in [1.165, 1.54) is 116 Å². The number of rotatable bonds is 17. The summed E-state index contributed by atoms with van der Waals surface area (Å²) in [7, 11) is 0. The van der Waals surface area contributed by atoms with Gasteiger partial charge in [-0.1, -0.05) is 93.8 Å². The smallest absolute Gasteiger partial charge is 0.258 e. The molecule has 0 unspecified atom stereocenters. The highest BCUT2D eigenvalue weighted by Gasteiger charge is 2.24. The molecule has 4 rings (SSSR count). The summed E-state index contributed by atoms with van der Waals surface area (Å²) in [6.07, 6.45) is 20.7. The Morgan fingerprint density at radius 2 is 1.05 bits per heavy atom. The van der Waals surface area contributed by atoms with Crippen molar-refractivity contribution in [2.24, 2.45) is 0 Å². The molecule has 0 aromatic heterocycles. The van der Waals surface area contributed by atoms with Gasteiger partial charge in [0.1, 0.15) is 5.82 Å². The third-order valence-electron chi connectivity index (χ3n) is 7.72. The lowest BCUT2D eigenvalue weighted by Gasteiger charge is -2.14. The molecule has 0 bridgehead atoms. The van der Waals surface area contributed by atoms with Crippen molar-refractivity contribution in [1.29, 1.82) is 0 Å². The van der Waals surface area contributed by atoms with Crippen LogP contribution in [0.5, 0.6) is 0 Å². The maximum Gasteiger partial charge on any atom is 0.258 e. The van der Waals surface area contributed by atoms with Crippen LogP contribution in [0, 0.1) is 5.82 Å². The Balaban J connectivity index is 0.982. The van der Waals surface area contributed by atoms with Crippen molar-refractivity contribution in [3.63, 3.8) is 0 Å². The largest absolute Gasteiger partial charge is 0.289 e. The number of unbranched alkanes of at least 4 members (excludes halogenated alkanes) is 9. The van der Waals surface area contributed by atoms with Gasteiger partial charge in [-0.15, -0.1) is 0 Å². The summed E-state index contributed by atoms with van der Waals surface area (Å²) in [6.45, 7) is 0. The molecule has 1 heterocycles. The highest BCUT2D eigenvalue weighted by molar-refractivity contribution is 6.28. The summed E-state index contributed by atoms with van der Waals surface area (Å²) >= 11 is 0. The summed E-state index contributed by atoms with van der Waals surface area (Å²) in [4.78, 5) is 37.0. The van der Waals surface area contributed by atoms with Gasteiger partial charge in [-0.05, 0) is 84.8 Å². The number of imide groups is 1. The molecule has 42 heavy (non-hydrogen) atoms. The molecular weight excluding hydrogens is 525 g/mol. The second kappa shape index (κ2) is 16.4. The van der Waals surface area contributed by atoms with Crippen LogP contribution in [0.4, 0.5) is 10.1 Å². The Morgan fingerprint density at radius 1 is 0.595 bits per heavy atom. The SMILES string of the molecule is O=C(/C=C/c1ccc(CCCCCCCCCCCCc2ccc(N3C(=O)C=CC3=O)cc2)cc1)c1ccc(F)cc1. The molecule has 218 valence electrons. The first-order valence-corrected chi connectivity index (χ1v) is 15.2. The topological polar surface area (TPSA) is 54.5 Å². The Hall–Kier alpha value is -4.12. The molecule has 0 spiro atoms. The molecule has 2 amide bonds. The van der Waals surface area contributed by atoms with Gasteiger partial charge in [-0.2, -0.15) is 0 Å². The Kier molecular flexibility index (Phi) is 12.0. The Bertz CT molecular complexity index is 1350. The monoisotopic (exact) mass is 565 g/mol. The molecule has 1 aliphatic rings. The van der Waals surface area contributed by atoms with Gasteiger partial charge < -0.3 is 0 Å². The first kappa shape index (κ1) is 30.8. The van der Waals surface area contributed by atoms with E-state index in [2.05, 4.69) is 12.1 Å². The number of carbonyl (C=O) groups excluding carboxylic acids is 3. The molecule has 3 aromatic carbocycles. The van der Waals surface area contributed by atoms with Crippen LogP contribution in [0.25, 0.3) is 6.08 Å². The van der Waals surface area contributed by atoms with Crippen LogP contribution in [0.1, 0.15) is 91.3 Å². The quantitative estimate of drug-likeness (QED) is 0.0711. The third kappa shape index (κ3) is 9.76. The van der Waals surface area contributed by atoms with Gasteiger partial charge in [-0.3, -0.25) is 14.4 Å². The van der Waals surface area contributed by atoms with E-state index in [9.17, 15) is 18.8 Å². The summed E-state index contributed by atoms with van der Waals surface area (Å²) in [6, 6.07) is 21.7. The van der Waals surface area contributed by atoms with Crippen molar-refractivity contribution in [2.45, 2.75) is 77.0 Å². The summed E-state index contributed by atoms with van der Waals surface area (Å²) in [5.41, 5.74) is 4.67. The molecular formula is C37H40FNO3. The zero-order valence-corrected chi connectivity index (χ0v) is 24.3. The maximum absolute atomic E-state index is 13.0. The molecule has 0 atom stereocenters. The lowest BCUT2D eigenvalue weighted by atomic mass is 10.0. The number of nitrogens with zero attached hydrogens (tertiary/aromatic N) is 1. The highest BCUT2D eigenvalue weighted by Crippen LogP contribution is 2.21. The van der Waals surface area contributed by atoms with E-state index in [-0.39, 0.29) is 23.4 Å². The van der Waals surface area contributed by atoms with Crippen LogP contribution in [0.15, 0.2) is 91.0 Å². The van der Waals surface area contributed by atoms with E-state index in [1.807, 2.05) is 36.4 Å². The summed E-state index contributed by atoms with van der Waals surface area (Å²) in [5, 5.41) is 0. The number of halogens is 1. The molecule has 0 aliphatic carbocycles. The molecule has 5 heteroatoms. The number of aryl methyl sites for hydroxylation is 2. The van der Waals surface area contributed by atoms with Gasteiger partial charge in [0.25, 0.3) is 11.8 Å². The minimum absolute atomic E-state index is 0.130. The first-order chi connectivity index (χ1) is 20.5. The van der Waals surface area contributed by atoms with Crippen molar-refractivity contribution in [3.05, 3.63) is 119 Å². The number of hydrogen-bond donors (Lipinski definition) is 0. The summed E-state index contributed by atoms with van der Waals surface area (Å²) in [5.74, 6) is -1.03. The van der Waals surface area contributed by atoms with Gasteiger partial charge in [-0.25, -0.2) is 9.29 Å². The van der Waals surface area contributed by atoms with Crippen molar-refractivity contribution < 1.29 is 18.8 Å². The van der Waals surface area contributed by atoms with Crippen LogP contribution >= 0.6 is 0 Å². The molecule has 0 N–H and O–H groups in total. The van der Waals surface area contributed by atoms with Crippen LogP contribution in [-0.4, -0.2) is 17.6 Å². The van der Waals surface area contributed by atoms with Crippen molar-refractivity contribution >= 4 is 29.4 Å². The highest BCUT2D eigenvalue weighted by atomic mass is 19.1. The third-order valence-corrected chi connectivity index (χ3v) is 7.72. The van der Waals surface area contributed by atoms with E-state index >= 15 is 0 Å². The predicted molar refractivity (Wildman–Crippen MR) is 168 cm³/mol. The number of benzene rings is 3. The standard InChI is InChI=1S/C37H40FNO3/c38-33-22-20-32(21-23-33)35(40)26-19-31-15-13-29(14-16-31)11-9-7-5-3-1-2-4-6-8-10-12-30-17-24-34(25-18-30)39-36(41)27-28-37(39)42/h13-28H,1-12H2/b26-19+. The van der Waals surface area contributed by atoms with Gasteiger partial charge in [0.15, 0.2) is 5.78 Å². The number of allylic oxidation sites excluding steroid dienone is 1. The van der Waals surface area contributed by atoms with Crippen molar-refractivity contribution in [3.8, 4) is 0 Å². The molecule has 0 saturated heterocycles. The zero-order chi connectivity index (χ0) is 29.6. The lowest BCUT2D eigenvalue weighted by Crippen LogP contribution is -2.29. The van der Waals surface area contributed by atoms with Crippen molar-refractivity contribution in [1.82, 2.24) is 0 Å². The number of anilines is 1. The van der Waals surface area contributed by atoms with E-state index in [4.69, 9.17) is 0 Å². The predicted octanol–water partition coefficient (Wildman–Crippen LogP) is 8.84. The lowest BCUT2D eigenvalue weighted by molar-refractivity contribution is -0.119. The Morgan fingerprint density at radius 3 is 1.55 bits per heavy atom. The van der Waals surface area contributed by atoms with Crippen molar-refractivity contribution in [2.75, 3.05) is 4.90 Å². The van der Waals surface area contributed by atoms with Gasteiger partial charge in [0, 0.05) is 17.7 Å². The van der Waals surface area contributed by atoms with Crippen LogP contribution < -0.4 is 4.90 Å². The number of carbonyl (C=O) groups is 3. The molecule has 4 nitrogen and oxygen atoms in total. The molecule has 0 saturated carbocycles. The van der Waals surface area contributed by atoms with Gasteiger partial charge in [0.05, 0.1) is 5.69 Å². The minimum Gasteiger partial charge on any atom is -0.289 e. The van der Waals surface area contributed by atoms with E-state index < -0.39 is 0 Å². The van der Waals surface area contributed by atoms with Gasteiger partial charge in [0.2, 0.25) is 0 Å². The van der Waals surface area contributed by atoms with E-state index in [0.717, 1.165) is 24.8 Å². The Labute approximate surface area is 249 Å².